The van der Waals surface area contributed by atoms with Crippen LogP contribution in [-0.2, 0) is 4.74 Å². The van der Waals surface area contributed by atoms with Crippen LogP contribution >= 0.6 is 0 Å². The summed E-state index contributed by atoms with van der Waals surface area (Å²) >= 11 is 0. The van der Waals surface area contributed by atoms with Gasteiger partial charge in [0, 0.05) is 20.2 Å². The van der Waals surface area contributed by atoms with Crippen LogP contribution in [0.25, 0.3) is 0 Å². The van der Waals surface area contributed by atoms with Crippen LogP contribution in [0.3, 0.4) is 0 Å². The molecule has 1 aliphatic heterocycles. The highest BCUT2D eigenvalue weighted by atomic mass is 16.5. The second-order valence-corrected chi connectivity index (χ2v) is 2.82. The topological polar surface area (TPSA) is 12.5 Å². The van der Waals surface area contributed by atoms with Crippen LogP contribution in [0.5, 0.6) is 0 Å². The zero-order valence-electron chi connectivity index (χ0n) is 6.76. The molecule has 0 bridgehead atoms. The normalized spacial score (nSPS) is 20.8. The van der Waals surface area contributed by atoms with E-state index in [0.717, 1.165) is 13.2 Å². The van der Waals surface area contributed by atoms with Gasteiger partial charge in [-0.3, -0.25) is 0 Å². The number of hydrogen-bond donors (Lipinski definition) is 0. The first kappa shape index (κ1) is 7.76. The van der Waals surface area contributed by atoms with Crippen LogP contribution in [-0.4, -0.2) is 38.8 Å². The Hall–Kier alpha value is -0.340. The third-order valence-electron chi connectivity index (χ3n) is 1.75. The Morgan fingerprint density at radius 1 is 1.70 bits per heavy atom. The van der Waals surface area contributed by atoms with Crippen LogP contribution in [0.15, 0.2) is 11.6 Å². The fourth-order valence-corrected chi connectivity index (χ4v) is 1.27. The molecule has 0 aromatic heterocycles. The van der Waals surface area contributed by atoms with Crippen LogP contribution in [0, 0.1) is 0 Å². The Balaban J connectivity index is 2.36. The van der Waals surface area contributed by atoms with Crippen molar-refractivity contribution in [1.29, 1.82) is 0 Å². The molecule has 2 heteroatoms. The predicted octanol–water partition coefficient (Wildman–Crippen LogP) is 0.895. The van der Waals surface area contributed by atoms with E-state index in [1.165, 1.54) is 18.5 Å². The summed E-state index contributed by atoms with van der Waals surface area (Å²) in [6, 6.07) is 0. The number of likely N-dealkylation sites (N-methyl/N-ethyl adjacent to an activating group) is 1. The molecule has 2 nitrogen and oxygen atoms in total. The van der Waals surface area contributed by atoms with E-state index < -0.39 is 0 Å². The molecule has 0 saturated heterocycles. The highest BCUT2D eigenvalue weighted by Gasteiger charge is 2.06. The number of ether oxygens (including phenoxy) is 1. The third-order valence-corrected chi connectivity index (χ3v) is 1.75. The molecule has 1 heterocycles. The van der Waals surface area contributed by atoms with Crippen molar-refractivity contribution in [2.24, 2.45) is 0 Å². The van der Waals surface area contributed by atoms with E-state index >= 15 is 0 Å². The first-order chi connectivity index (χ1) is 4.83. The van der Waals surface area contributed by atoms with Crippen molar-refractivity contribution >= 4 is 0 Å². The van der Waals surface area contributed by atoms with Crippen molar-refractivity contribution in [3.8, 4) is 0 Å². The van der Waals surface area contributed by atoms with Crippen LogP contribution in [0.1, 0.15) is 6.42 Å². The first-order valence-corrected chi connectivity index (χ1v) is 3.68. The largest absolute Gasteiger partial charge is 0.380 e. The van der Waals surface area contributed by atoms with Gasteiger partial charge < -0.3 is 9.64 Å². The second-order valence-electron chi connectivity index (χ2n) is 2.82. The maximum atomic E-state index is 5.03. The molecule has 0 N–H and O–H groups in total. The number of methoxy groups -OCH3 is 1. The van der Waals surface area contributed by atoms with Gasteiger partial charge in [0.15, 0.2) is 0 Å². The minimum Gasteiger partial charge on any atom is -0.380 e. The molecule has 0 radical (unpaired) electrons. The molecule has 0 saturated carbocycles. The fourth-order valence-electron chi connectivity index (χ4n) is 1.27. The monoisotopic (exact) mass is 141 g/mol. The molecule has 1 rings (SSSR count). The maximum absolute atomic E-state index is 5.03. The zero-order valence-corrected chi connectivity index (χ0v) is 6.76. The van der Waals surface area contributed by atoms with E-state index in [9.17, 15) is 0 Å². The Kier molecular flexibility index (Phi) is 2.90. The summed E-state index contributed by atoms with van der Waals surface area (Å²) in [6.07, 6.45) is 3.46. The molecule has 0 spiro atoms. The lowest BCUT2D eigenvalue weighted by molar-refractivity contribution is 0.211. The lowest BCUT2D eigenvalue weighted by atomic mass is 10.1. The molecule has 0 unspecified atom stereocenters. The van der Waals surface area contributed by atoms with Gasteiger partial charge >= 0.3 is 0 Å². The molecule has 0 amide bonds. The van der Waals surface area contributed by atoms with Gasteiger partial charge in [-0.15, -0.1) is 0 Å². The van der Waals surface area contributed by atoms with Gasteiger partial charge in [0.2, 0.25) is 0 Å². The molecule has 0 aromatic rings. The van der Waals surface area contributed by atoms with Gasteiger partial charge in [0.25, 0.3) is 0 Å². The summed E-state index contributed by atoms with van der Waals surface area (Å²) in [6.45, 7) is 3.06. The predicted molar refractivity (Wildman–Crippen MR) is 42.1 cm³/mol. The van der Waals surface area contributed by atoms with E-state index in [0.29, 0.717) is 0 Å². The number of hydrogen-bond acceptors (Lipinski definition) is 2. The van der Waals surface area contributed by atoms with Crippen LogP contribution < -0.4 is 0 Å². The number of nitrogens with zero attached hydrogens (tertiary/aromatic N) is 1. The molecular weight excluding hydrogens is 126 g/mol. The molecule has 0 fully saturated rings. The SMILES string of the molecule is COCC1=CCCN(C)C1. The Morgan fingerprint density at radius 3 is 3.10 bits per heavy atom. The smallest absolute Gasteiger partial charge is 0.0685 e. The van der Waals surface area contributed by atoms with Gasteiger partial charge in [-0.05, 0) is 19.0 Å². The molecule has 58 valence electrons. The van der Waals surface area contributed by atoms with E-state index in [1.54, 1.807) is 7.11 Å². The van der Waals surface area contributed by atoms with E-state index in [4.69, 9.17) is 4.74 Å². The van der Waals surface area contributed by atoms with Crippen molar-refractivity contribution in [3.63, 3.8) is 0 Å². The second kappa shape index (κ2) is 3.74. The molecule has 0 aliphatic carbocycles. The summed E-state index contributed by atoms with van der Waals surface area (Å²) in [5.74, 6) is 0. The summed E-state index contributed by atoms with van der Waals surface area (Å²) in [5, 5.41) is 0. The van der Waals surface area contributed by atoms with Crippen molar-refractivity contribution in [2.75, 3.05) is 33.9 Å². The maximum Gasteiger partial charge on any atom is 0.0685 e. The zero-order chi connectivity index (χ0) is 7.40. The van der Waals surface area contributed by atoms with Crippen molar-refractivity contribution in [1.82, 2.24) is 4.90 Å². The minimum atomic E-state index is 0.796. The van der Waals surface area contributed by atoms with Crippen molar-refractivity contribution < 1.29 is 4.74 Å². The fraction of sp³-hybridized carbons (Fsp3) is 0.750. The summed E-state index contributed by atoms with van der Waals surface area (Å²) in [7, 11) is 3.89. The lowest BCUT2D eigenvalue weighted by Crippen LogP contribution is -2.26. The highest BCUT2D eigenvalue weighted by molar-refractivity contribution is 5.07. The molecule has 1 aliphatic rings. The van der Waals surface area contributed by atoms with Crippen LogP contribution in [0.2, 0.25) is 0 Å². The van der Waals surface area contributed by atoms with E-state index in [-0.39, 0.29) is 0 Å². The Morgan fingerprint density at radius 2 is 2.50 bits per heavy atom. The van der Waals surface area contributed by atoms with Gasteiger partial charge in [-0.2, -0.15) is 0 Å². The average molecular weight is 141 g/mol. The molecule has 0 aromatic carbocycles. The van der Waals surface area contributed by atoms with Crippen molar-refractivity contribution in [2.45, 2.75) is 6.42 Å². The number of rotatable bonds is 2. The third kappa shape index (κ3) is 2.12. The standard InChI is InChI=1S/C8H15NO/c1-9-5-3-4-8(6-9)7-10-2/h4H,3,5-7H2,1-2H3. The Bertz CT molecular complexity index is 131. The van der Waals surface area contributed by atoms with Gasteiger partial charge in [-0.1, -0.05) is 6.08 Å². The summed E-state index contributed by atoms with van der Waals surface area (Å²) in [4.78, 5) is 2.31. The van der Waals surface area contributed by atoms with Gasteiger partial charge in [-0.25, -0.2) is 0 Å². The first-order valence-electron chi connectivity index (χ1n) is 3.68. The van der Waals surface area contributed by atoms with Gasteiger partial charge in [0.05, 0.1) is 6.61 Å². The molecule has 10 heavy (non-hydrogen) atoms. The molecule has 0 atom stereocenters. The lowest BCUT2D eigenvalue weighted by Gasteiger charge is -2.22. The summed E-state index contributed by atoms with van der Waals surface area (Å²) < 4.78 is 5.03. The Labute approximate surface area is 62.5 Å². The quantitative estimate of drug-likeness (QED) is 0.530. The molecular formula is C8H15NO. The summed E-state index contributed by atoms with van der Waals surface area (Å²) in [5.41, 5.74) is 1.41. The van der Waals surface area contributed by atoms with Crippen molar-refractivity contribution in [3.05, 3.63) is 11.6 Å². The minimum absolute atomic E-state index is 0.796. The highest BCUT2D eigenvalue weighted by Crippen LogP contribution is 2.06. The van der Waals surface area contributed by atoms with E-state index in [1.807, 2.05) is 0 Å². The van der Waals surface area contributed by atoms with Crippen LogP contribution in [0.4, 0.5) is 0 Å². The average Bonchev–Trinajstić information content (AvgIpc) is 1.88. The van der Waals surface area contributed by atoms with E-state index in [2.05, 4.69) is 18.0 Å². The van der Waals surface area contributed by atoms with Gasteiger partial charge in [0.1, 0.15) is 0 Å².